The molecule has 1 atom stereocenters. The molecule has 0 aromatic heterocycles. The fourth-order valence-electron chi connectivity index (χ4n) is 2.25. The van der Waals surface area contributed by atoms with Gasteiger partial charge in [-0.3, -0.25) is 0 Å². The summed E-state index contributed by atoms with van der Waals surface area (Å²) < 4.78 is 5.35. The molecule has 0 aliphatic rings. The van der Waals surface area contributed by atoms with Crippen LogP contribution in [0.5, 0.6) is 5.75 Å². The van der Waals surface area contributed by atoms with Crippen LogP contribution in [0.25, 0.3) is 0 Å². The predicted molar refractivity (Wildman–Crippen MR) is 75.4 cm³/mol. The first-order chi connectivity index (χ1) is 7.96. The van der Waals surface area contributed by atoms with Crippen molar-refractivity contribution < 1.29 is 9.84 Å². The Kier molecular flexibility index (Phi) is 5.21. The molecular formula is C14H24O2Si. The summed E-state index contributed by atoms with van der Waals surface area (Å²) in [6, 6.07) is 9.24. The highest BCUT2D eigenvalue weighted by molar-refractivity contribution is 6.76. The maximum absolute atomic E-state index is 9.50. The van der Waals surface area contributed by atoms with E-state index in [-0.39, 0.29) is 6.61 Å². The third-order valence-electron chi connectivity index (χ3n) is 2.86. The maximum atomic E-state index is 9.50. The molecule has 3 heteroatoms. The van der Waals surface area contributed by atoms with E-state index in [1.54, 1.807) is 7.11 Å². The SMILES string of the molecule is COc1ccccc1CC(CO)C[Si](C)(C)C. The average Bonchev–Trinajstić information content (AvgIpc) is 2.27. The molecule has 0 saturated carbocycles. The molecule has 0 spiro atoms. The first-order valence-electron chi connectivity index (χ1n) is 6.19. The Morgan fingerprint density at radius 3 is 2.41 bits per heavy atom. The van der Waals surface area contributed by atoms with E-state index < -0.39 is 8.07 Å². The quantitative estimate of drug-likeness (QED) is 0.788. The molecule has 1 aromatic rings. The summed E-state index contributed by atoms with van der Waals surface area (Å²) in [5, 5.41) is 9.50. The molecule has 0 fully saturated rings. The smallest absolute Gasteiger partial charge is 0.122 e. The van der Waals surface area contributed by atoms with Gasteiger partial charge in [-0.2, -0.15) is 0 Å². The topological polar surface area (TPSA) is 29.5 Å². The van der Waals surface area contributed by atoms with E-state index in [2.05, 4.69) is 25.7 Å². The van der Waals surface area contributed by atoms with Gasteiger partial charge in [0.25, 0.3) is 0 Å². The molecule has 96 valence electrons. The molecule has 17 heavy (non-hydrogen) atoms. The van der Waals surface area contributed by atoms with Gasteiger partial charge < -0.3 is 9.84 Å². The zero-order valence-electron chi connectivity index (χ0n) is 11.4. The van der Waals surface area contributed by atoms with Crippen LogP contribution in [0.1, 0.15) is 5.56 Å². The Morgan fingerprint density at radius 1 is 1.24 bits per heavy atom. The Hall–Kier alpha value is -0.803. The van der Waals surface area contributed by atoms with Crippen LogP contribution in [-0.4, -0.2) is 26.9 Å². The lowest BCUT2D eigenvalue weighted by molar-refractivity contribution is 0.235. The maximum Gasteiger partial charge on any atom is 0.122 e. The largest absolute Gasteiger partial charge is 0.496 e. The third-order valence-corrected chi connectivity index (χ3v) is 4.66. The van der Waals surface area contributed by atoms with Gasteiger partial charge in [-0.05, 0) is 24.0 Å². The molecule has 2 nitrogen and oxygen atoms in total. The van der Waals surface area contributed by atoms with Gasteiger partial charge in [0.2, 0.25) is 0 Å². The van der Waals surface area contributed by atoms with Crippen molar-refractivity contribution in [2.24, 2.45) is 5.92 Å². The van der Waals surface area contributed by atoms with Crippen LogP contribution in [0.15, 0.2) is 24.3 Å². The lowest BCUT2D eigenvalue weighted by Crippen LogP contribution is -2.26. The number of hydrogen-bond acceptors (Lipinski definition) is 2. The number of ether oxygens (including phenoxy) is 1. The Bertz CT molecular complexity index is 344. The zero-order chi connectivity index (χ0) is 12.9. The van der Waals surface area contributed by atoms with Crippen molar-refractivity contribution in [1.29, 1.82) is 0 Å². The van der Waals surface area contributed by atoms with E-state index in [1.165, 1.54) is 5.56 Å². The molecule has 0 aliphatic carbocycles. The van der Waals surface area contributed by atoms with Gasteiger partial charge in [0, 0.05) is 14.7 Å². The summed E-state index contributed by atoms with van der Waals surface area (Å²) >= 11 is 0. The van der Waals surface area contributed by atoms with Crippen molar-refractivity contribution in [3.63, 3.8) is 0 Å². The Labute approximate surface area is 106 Å². The van der Waals surface area contributed by atoms with Crippen LogP contribution in [-0.2, 0) is 6.42 Å². The van der Waals surface area contributed by atoms with Crippen LogP contribution in [0.3, 0.4) is 0 Å². The third kappa shape index (κ3) is 4.92. The van der Waals surface area contributed by atoms with Crippen LogP contribution in [0.4, 0.5) is 0 Å². The zero-order valence-corrected chi connectivity index (χ0v) is 12.4. The lowest BCUT2D eigenvalue weighted by atomic mass is 10.0. The number of rotatable bonds is 6. The predicted octanol–water partition coefficient (Wildman–Crippen LogP) is 3.18. The van der Waals surface area contributed by atoms with E-state index >= 15 is 0 Å². The lowest BCUT2D eigenvalue weighted by Gasteiger charge is -2.23. The number of hydrogen-bond donors (Lipinski definition) is 1. The molecule has 0 bridgehead atoms. The van der Waals surface area contributed by atoms with Gasteiger partial charge in [-0.1, -0.05) is 43.9 Å². The van der Waals surface area contributed by atoms with Crippen molar-refractivity contribution >= 4 is 8.07 Å². The first kappa shape index (κ1) is 14.3. The van der Waals surface area contributed by atoms with Gasteiger partial charge in [-0.15, -0.1) is 0 Å². The highest BCUT2D eigenvalue weighted by Gasteiger charge is 2.21. The summed E-state index contributed by atoms with van der Waals surface area (Å²) in [6.07, 6.45) is 0.908. The molecule has 1 unspecified atom stereocenters. The first-order valence-corrected chi connectivity index (χ1v) is 9.89. The second-order valence-electron chi connectivity index (χ2n) is 5.83. The van der Waals surface area contributed by atoms with E-state index in [4.69, 9.17) is 4.74 Å². The van der Waals surface area contributed by atoms with Crippen LogP contribution in [0, 0.1) is 5.92 Å². The van der Waals surface area contributed by atoms with Crippen molar-refractivity contribution in [2.75, 3.05) is 13.7 Å². The molecule has 1 aromatic carbocycles. The fourth-order valence-corrected chi connectivity index (χ4v) is 4.26. The minimum Gasteiger partial charge on any atom is -0.496 e. The number of methoxy groups -OCH3 is 1. The van der Waals surface area contributed by atoms with Crippen molar-refractivity contribution in [1.82, 2.24) is 0 Å². The molecule has 0 saturated heterocycles. The van der Waals surface area contributed by atoms with Gasteiger partial charge in [0.1, 0.15) is 5.75 Å². The number of para-hydroxylation sites is 1. The molecule has 0 radical (unpaired) electrons. The fraction of sp³-hybridized carbons (Fsp3) is 0.571. The minimum absolute atomic E-state index is 0.266. The highest BCUT2D eigenvalue weighted by atomic mass is 28.3. The normalized spacial score (nSPS) is 13.5. The Morgan fingerprint density at radius 2 is 1.88 bits per heavy atom. The van der Waals surface area contributed by atoms with Gasteiger partial charge in [0.05, 0.1) is 7.11 Å². The molecule has 0 amide bonds. The van der Waals surface area contributed by atoms with Crippen molar-refractivity contribution in [3.05, 3.63) is 29.8 Å². The minimum atomic E-state index is -1.12. The van der Waals surface area contributed by atoms with E-state index in [0.717, 1.165) is 18.2 Å². The Balaban J connectivity index is 2.73. The summed E-state index contributed by atoms with van der Waals surface area (Å²) in [5.41, 5.74) is 1.20. The summed E-state index contributed by atoms with van der Waals surface area (Å²) in [5.74, 6) is 1.29. The van der Waals surface area contributed by atoms with Gasteiger partial charge >= 0.3 is 0 Å². The summed E-state index contributed by atoms with van der Waals surface area (Å²) in [4.78, 5) is 0. The summed E-state index contributed by atoms with van der Waals surface area (Å²) in [6.45, 7) is 7.30. The average molecular weight is 252 g/mol. The highest BCUT2D eigenvalue weighted by Crippen LogP contribution is 2.25. The molecule has 1 rings (SSSR count). The van der Waals surface area contributed by atoms with Crippen molar-refractivity contribution in [2.45, 2.75) is 32.1 Å². The number of aliphatic hydroxyl groups is 1. The van der Waals surface area contributed by atoms with Crippen LogP contribution in [0.2, 0.25) is 25.7 Å². The second kappa shape index (κ2) is 6.22. The van der Waals surface area contributed by atoms with Gasteiger partial charge in [-0.25, -0.2) is 0 Å². The van der Waals surface area contributed by atoms with E-state index in [1.807, 2.05) is 18.2 Å². The van der Waals surface area contributed by atoms with Crippen LogP contribution < -0.4 is 4.74 Å². The number of benzene rings is 1. The van der Waals surface area contributed by atoms with Gasteiger partial charge in [0.15, 0.2) is 0 Å². The molecule has 1 N–H and O–H groups in total. The van der Waals surface area contributed by atoms with E-state index in [0.29, 0.717) is 5.92 Å². The monoisotopic (exact) mass is 252 g/mol. The van der Waals surface area contributed by atoms with E-state index in [9.17, 15) is 5.11 Å². The van der Waals surface area contributed by atoms with Crippen molar-refractivity contribution in [3.8, 4) is 5.75 Å². The molecular weight excluding hydrogens is 228 g/mol. The number of aliphatic hydroxyl groups excluding tert-OH is 1. The molecule has 0 heterocycles. The van der Waals surface area contributed by atoms with Crippen LogP contribution >= 0.6 is 0 Å². The summed E-state index contributed by atoms with van der Waals surface area (Å²) in [7, 11) is 0.576. The molecule has 0 aliphatic heterocycles. The second-order valence-corrected chi connectivity index (χ2v) is 11.4. The standard InChI is InChI=1S/C14H24O2Si/c1-16-14-8-6-5-7-13(14)9-12(10-15)11-17(2,3)4/h5-8,12,15H,9-11H2,1-4H3.